The molecule has 3 N–H and O–H groups in total. The maximum atomic E-state index is 11.5. The summed E-state index contributed by atoms with van der Waals surface area (Å²) in [5, 5.41) is 13.9. The van der Waals surface area contributed by atoms with Crippen LogP contribution in [0.2, 0.25) is 0 Å². The molecule has 17 heavy (non-hydrogen) atoms. The number of aliphatic hydroxyl groups is 1. The van der Waals surface area contributed by atoms with Gasteiger partial charge in [-0.15, -0.1) is 0 Å². The lowest BCUT2D eigenvalue weighted by Crippen LogP contribution is -2.51. The van der Waals surface area contributed by atoms with Gasteiger partial charge in [-0.3, -0.25) is 4.79 Å². The lowest BCUT2D eigenvalue weighted by molar-refractivity contribution is -0.124. The SMILES string of the molecule is CC(C)NC(=O)[C@H](CO)NC(=O)OC(C)(C)C. The molecular weight excluding hydrogens is 224 g/mol. The average Bonchev–Trinajstić information content (AvgIpc) is 2.09. The Kier molecular flexibility index (Phi) is 5.95. The highest BCUT2D eigenvalue weighted by atomic mass is 16.6. The van der Waals surface area contributed by atoms with E-state index in [1.807, 2.05) is 0 Å². The zero-order valence-corrected chi connectivity index (χ0v) is 11.0. The molecule has 0 aromatic carbocycles. The first kappa shape index (κ1) is 15.7. The van der Waals surface area contributed by atoms with Crippen molar-refractivity contribution in [3.8, 4) is 0 Å². The fourth-order valence-corrected chi connectivity index (χ4v) is 1.03. The molecule has 0 saturated heterocycles. The molecule has 0 spiro atoms. The van der Waals surface area contributed by atoms with Crippen molar-refractivity contribution in [2.75, 3.05) is 6.61 Å². The van der Waals surface area contributed by atoms with Gasteiger partial charge in [0.2, 0.25) is 5.91 Å². The Morgan fingerprint density at radius 1 is 1.24 bits per heavy atom. The molecular formula is C11H22N2O4. The fourth-order valence-electron chi connectivity index (χ4n) is 1.03. The van der Waals surface area contributed by atoms with Crippen LogP contribution in [0.1, 0.15) is 34.6 Å². The number of rotatable bonds is 4. The number of amides is 2. The summed E-state index contributed by atoms with van der Waals surface area (Å²) in [5.74, 6) is -0.437. The van der Waals surface area contributed by atoms with E-state index in [9.17, 15) is 9.59 Å². The second-order valence-electron chi connectivity index (χ2n) is 5.04. The van der Waals surface area contributed by atoms with Gasteiger partial charge in [0.1, 0.15) is 11.6 Å². The van der Waals surface area contributed by atoms with E-state index in [0.29, 0.717) is 0 Å². The van der Waals surface area contributed by atoms with E-state index in [1.165, 1.54) is 0 Å². The summed E-state index contributed by atoms with van der Waals surface area (Å²) in [6.07, 6.45) is -0.726. The minimum absolute atomic E-state index is 0.0583. The molecule has 0 aromatic rings. The summed E-state index contributed by atoms with van der Waals surface area (Å²) in [4.78, 5) is 22.9. The first-order valence-electron chi connectivity index (χ1n) is 5.56. The number of alkyl carbamates (subject to hydrolysis) is 1. The molecule has 0 fully saturated rings. The predicted molar refractivity (Wildman–Crippen MR) is 63.5 cm³/mol. The van der Waals surface area contributed by atoms with Crippen LogP contribution in [0.5, 0.6) is 0 Å². The Balaban J connectivity index is 4.31. The number of aliphatic hydroxyl groups excluding tert-OH is 1. The lowest BCUT2D eigenvalue weighted by atomic mass is 10.2. The van der Waals surface area contributed by atoms with Gasteiger partial charge in [0.05, 0.1) is 6.61 Å². The maximum Gasteiger partial charge on any atom is 0.408 e. The van der Waals surface area contributed by atoms with Gasteiger partial charge >= 0.3 is 6.09 Å². The van der Waals surface area contributed by atoms with E-state index >= 15 is 0 Å². The number of carbonyl (C=O) groups is 2. The molecule has 0 radical (unpaired) electrons. The van der Waals surface area contributed by atoms with Gasteiger partial charge in [0.15, 0.2) is 0 Å². The summed E-state index contributed by atoms with van der Waals surface area (Å²) < 4.78 is 4.98. The van der Waals surface area contributed by atoms with Gasteiger partial charge in [0.25, 0.3) is 0 Å². The molecule has 0 rings (SSSR count). The van der Waals surface area contributed by atoms with Crippen LogP contribution in [0, 0.1) is 0 Å². The highest BCUT2D eigenvalue weighted by Crippen LogP contribution is 2.06. The average molecular weight is 246 g/mol. The second kappa shape index (κ2) is 6.44. The third-order valence-electron chi connectivity index (χ3n) is 1.62. The van der Waals surface area contributed by atoms with Gasteiger partial charge in [-0.05, 0) is 34.6 Å². The monoisotopic (exact) mass is 246 g/mol. The van der Waals surface area contributed by atoms with Crippen LogP contribution < -0.4 is 10.6 Å². The third kappa shape index (κ3) is 7.57. The number of hydrogen-bond acceptors (Lipinski definition) is 4. The summed E-state index contributed by atoms with van der Waals surface area (Å²) in [6.45, 7) is 8.26. The lowest BCUT2D eigenvalue weighted by Gasteiger charge is -2.22. The highest BCUT2D eigenvalue weighted by Gasteiger charge is 2.23. The minimum atomic E-state index is -0.993. The number of hydrogen-bond donors (Lipinski definition) is 3. The van der Waals surface area contributed by atoms with Crippen molar-refractivity contribution in [1.29, 1.82) is 0 Å². The van der Waals surface area contributed by atoms with Crippen molar-refractivity contribution in [1.82, 2.24) is 10.6 Å². The maximum absolute atomic E-state index is 11.5. The Hall–Kier alpha value is -1.30. The number of ether oxygens (including phenoxy) is 1. The number of nitrogens with one attached hydrogen (secondary N) is 2. The first-order valence-corrected chi connectivity index (χ1v) is 5.56. The van der Waals surface area contributed by atoms with Crippen molar-refractivity contribution in [2.45, 2.75) is 52.3 Å². The van der Waals surface area contributed by atoms with Gasteiger partial charge in [-0.1, -0.05) is 0 Å². The smallest absolute Gasteiger partial charge is 0.408 e. The van der Waals surface area contributed by atoms with Crippen LogP contribution in [0.25, 0.3) is 0 Å². The fraction of sp³-hybridized carbons (Fsp3) is 0.818. The molecule has 6 nitrogen and oxygen atoms in total. The van der Waals surface area contributed by atoms with Crippen LogP contribution >= 0.6 is 0 Å². The van der Waals surface area contributed by atoms with Crippen LogP contribution in [0.4, 0.5) is 4.79 Å². The molecule has 2 amide bonds. The summed E-state index contributed by atoms with van der Waals surface area (Å²) in [6, 6.07) is -1.05. The minimum Gasteiger partial charge on any atom is -0.444 e. The summed E-state index contributed by atoms with van der Waals surface area (Å²) >= 11 is 0. The van der Waals surface area contributed by atoms with Crippen LogP contribution in [0.3, 0.4) is 0 Å². The molecule has 6 heteroatoms. The Bertz CT molecular complexity index is 271. The van der Waals surface area contributed by atoms with Crippen LogP contribution in [0.15, 0.2) is 0 Å². The van der Waals surface area contributed by atoms with Gasteiger partial charge in [0, 0.05) is 6.04 Å². The van der Waals surface area contributed by atoms with Gasteiger partial charge in [-0.2, -0.15) is 0 Å². The zero-order chi connectivity index (χ0) is 13.6. The molecule has 0 bridgehead atoms. The Labute approximate surface area is 102 Å². The predicted octanol–water partition coefficient (Wildman–Crippen LogP) is 0.397. The molecule has 100 valence electrons. The molecule has 0 unspecified atom stereocenters. The zero-order valence-electron chi connectivity index (χ0n) is 11.0. The van der Waals surface area contributed by atoms with Crippen molar-refractivity contribution in [3.63, 3.8) is 0 Å². The molecule has 0 aliphatic carbocycles. The third-order valence-corrected chi connectivity index (χ3v) is 1.62. The van der Waals surface area contributed by atoms with Crippen molar-refractivity contribution in [2.24, 2.45) is 0 Å². The van der Waals surface area contributed by atoms with Crippen LogP contribution in [-0.4, -0.2) is 41.4 Å². The van der Waals surface area contributed by atoms with Gasteiger partial charge < -0.3 is 20.5 Å². The first-order chi connectivity index (χ1) is 7.65. The van der Waals surface area contributed by atoms with Gasteiger partial charge in [-0.25, -0.2) is 4.79 Å². The van der Waals surface area contributed by atoms with Crippen molar-refractivity contribution in [3.05, 3.63) is 0 Å². The van der Waals surface area contributed by atoms with Crippen molar-refractivity contribution >= 4 is 12.0 Å². The standard InChI is InChI=1S/C11H22N2O4/c1-7(2)12-9(15)8(6-14)13-10(16)17-11(3,4)5/h7-8,14H,6H2,1-5H3,(H,12,15)(H,13,16)/t8-/m0/s1. The van der Waals surface area contributed by atoms with E-state index in [2.05, 4.69) is 10.6 Å². The van der Waals surface area contributed by atoms with E-state index in [1.54, 1.807) is 34.6 Å². The molecule has 0 heterocycles. The van der Waals surface area contributed by atoms with Crippen molar-refractivity contribution < 1.29 is 19.4 Å². The normalized spacial score (nSPS) is 13.1. The molecule has 0 aliphatic heterocycles. The Morgan fingerprint density at radius 3 is 2.12 bits per heavy atom. The van der Waals surface area contributed by atoms with Crippen LogP contribution in [-0.2, 0) is 9.53 Å². The number of carbonyl (C=O) groups excluding carboxylic acids is 2. The molecule has 0 aliphatic rings. The second-order valence-corrected chi connectivity index (χ2v) is 5.04. The van der Waals surface area contributed by atoms with E-state index in [4.69, 9.17) is 9.84 Å². The summed E-state index contributed by atoms with van der Waals surface area (Å²) in [7, 11) is 0. The molecule has 0 aromatic heterocycles. The van der Waals surface area contributed by atoms with E-state index < -0.39 is 30.3 Å². The van der Waals surface area contributed by atoms with E-state index in [0.717, 1.165) is 0 Å². The summed E-state index contributed by atoms with van der Waals surface area (Å²) in [5.41, 5.74) is -0.640. The quantitative estimate of drug-likeness (QED) is 0.670. The molecule has 0 saturated carbocycles. The molecule has 1 atom stereocenters. The largest absolute Gasteiger partial charge is 0.444 e. The topological polar surface area (TPSA) is 87.7 Å². The highest BCUT2D eigenvalue weighted by molar-refractivity contribution is 5.85. The van der Waals surface area contributed by atoms with E-state index in [-0.39, 0.29) is 6.04 Å². The Morgan fingerprint density at radius 2 is 1.76 bits per heavy atom.